The van der Waals surface area contributed by atoms with Gasteiger partial charge in [-0.05, 0) is 30.5 Å². The van der Waals surface area contributed by atoms with Crippen LogP contribution in [0.2, 0.25) is 0 Å². The third kappa shape index (κ3) is 5.73. The Morgan fingerprint density at radius 2 is 1.86 bits per heavy atom. The van der Waals surface area contributed by atoms with Crippen molar-refractivity contribution >= 4 is 15.7 Å². The molecule has 0 heterocycles. The topological polar surface area (TPSA) is 80.5 Å². The second-order valence-electron chi connectivity index (χ2n) is 5.70. The monoisotopic (exact) mass is 328 g/mol. The molecule has 2 N–H and O–H groups in total. The van der Waals surface area contributed by atoms with Crippen molar-refractivity contribution in [1.82, 2.24) is 4.90 Å². The van der Waals surface area contributed by atoms with Gasteiger partial charge < -0.3 is 5.73 Å². The molecule has 5 nitrogen and oxygen atoms in total. The molecule has 1 aromatic rings. The summed E-state index contributed by atoms with van der Waals surface area (Å²) in [6.07, 6.45) is 1.98. The van der Waals surface area contributed by atoms with Gasteiger partial charge in [-0.3, -0.25) is 9.69 Å². The van der Waals surface area contributed by atoms with E-state index in [1.54, 1.807) is 12.1 Å². The molecule has 2 rings (SSSR count). The number of hydrogen-bond donors (Lipinski definition) is 1. The number of benzene rings is 1. The van der Waals surface area contributed by atoms with Gasteiger partial charge in [0, 0.05) is 25.6 Å². The molecule has 1 amide bonds. The first-order chi connectivity index (χ1) is 10.4. The Hall–Kier alpha value is -1.47. The Bertz CT molecular complexity index is 612. The molecule has 0 saturated heterocycles. The van der Waals surface area contributed by atoms with Crippen LogP contribution in [-0.2, 0) is 21.2 Å². The van der Waals surface area contributed by atoms with Gasteiger partial charge in [-0.1, -0.05) is 12.1 Å². The Morgan fingerprint density at radius 1 is 1.23 bits per heavy atom. The smallest absolute Gasteiger partial charge is 0.218 e. The maximum absolute atomic E-state index is 12.9. The lowest BCUT2D eigenvalue weighted by Crippen LogP contribution is -2.32. The number of halogens is 1. The van der Waals surface area contributed by atoms with E-state index in [1.807, 2.05) is 0 Å². The summed E-state index contributed by atoms with van der Waals surface area (Å²) < 4.78 is 36.7. The molecule has 1 aromatic carbocycles. The Balaban J connectivity index is 1.89. The summed E-state index contributed by atoms with van der Waals surface area (Å²) in [7, 11) is -3.28. The molecule has 0 aromatic heterocycles. The van der Waals surface area contributed by atoms with Crippen molar-refractivity contribution in [2.24, 2.45) is 5.73 Å². The highest BCUT2D eigenvalue weighted by Gasteiger charge is 2.29. The van der Waals surface area contributed by atoms with Gasteiger partial charge in [-0.2, -0.15) is 0 Å². The summed E-state index contributed by atoms with van der Waals surface area (Å²) >= 11 is 0. The molecule has 7 heteroatoms. The zero-order valence-electron chi connectivity index (χ0n) is 12.4. The minimum absolute atomic E-state index is 0.0119. The van der Waals surface area contributed by atoms with Gasteiger partial charge in [-0.25, -0.2) is 12.8 Å². The quantitative estimate of drug-likeness (QED) is 0.735. The van der Waals surface area contributed by atoms with Gasteiger partial charge in [0.05, 0.1) is 11.5 Å². The van der Waals surface area contributed by atoms with E-state index in [0.717, 1.165) is 18.4 Å². The first-order valence-electron chi connectivity index (χ1n) is 7.33. The third-order valence-electron chi connectivity index (χ3n) is 3.71. The standard InChI is InChI=1S/C15H21FN2O3S/c16-13-3-1-12(2-4-13)11-18(14-5-6-14)8-10-22(20,21)9-7-15(17)19/h1-4,14H,5-11H2,(H2,17,19). The fourth-order valence-corrected chi connectivity index (χ4v) is 3.50. The first kappa shape index (κ1) is 16.9. The first-order valence-corrected chi connectivity index (χ1v) is 9.15. The van der Waals surface area contributed by atoms with Crippen LogP contribution in [0.3, 0.4) is 0 Å². The number of primary amides is 1. The number of carbonyl (C=O) groups is 1. The highest BCUT2D eigenvalue weighted by atomic mass is 32.2. The van der Waals surface area contributed by atoms with Crippen LogP contribution in [-0.4, -0.2) is 43.3 Å². The number of nitrogens with two attached hydrogens (primary N) is 1. The summed E-state index contributed by atoms with van der Waals surface area (Å²) in [5, 5.41) is 0. The summed E-state index contributed by atoms with van der Waals surface area (Å²) in [4.78, 5) is 12.8. The Labute approximate surface area is 130 Å². The molecule has 1 fully saturated rings. The van der Waals surface area contributed by atoms with Gasteiger partial charge >= 0.3 is 0 Å². The van der Waals surface area contributed by atoms with Crippen LogP contribution in [0.5, 0.6) is 0 Å². The average Bonchev–Trinajstić information content (AvgIpc) is 3.28. The van der Waals surface area contributed by atoms with E-state index in [1.165, 1.54) is 12.1 Å². The lowest BCUT2D eigenvalue weighted by molar-refractivity contribution is -0.117. The minimum atomic E-state index is -3.28. The highest BCUT2D eigenvalue weighted by Crippen LogP contribution is 2.28. The number of sulfone groups is 1. The van der Waals surface area contributed by atoms with Crippen molar-refractivity contribution < 1.29 is 17.6 Å². The predicted octanol–water partition coefficient (Wildman–Crippen LogP) is 1.08. The van der Waals surface area contributed by atoms with Gasteiger partial charge in [0.15, 0.2) is 9.84 Å². The van der Waals surface area contributed by atoms with Crippen molar-refractivity contribution in [1.29, 1.82) is 0 Å². The molecule has 1 saturated carbocycles. The van der Waals surface area contributed by atoms with E-state index in [2.05, 4.69) is 4.90 Å². The second kappa shape index (κ2) is 7.19. The van der Waals surface area contributed by atoms with E-state index in [4.69, 9.17) is 5.73 Å². The van der Waals surface area contributed by atoms with E-state index in [0.29, 0.717) is 19.1 Å². The summed E-state index contributed by atoms with van der Waals surface area (Å²) in [5.41, 5.74) is 5.94. The van der Waals surface area contributed by atoms with Gasteiger partial charge in [0.2, 0.25) is 5.91 Å². The van der Waals surface area contributed by atoms with Crippen LogP contribution < -0.4 is 5.73 Å². The zero-order valence-corrected chi connectivity index (χ0v) is 13.2. The molecule has 22 heavy (non-hydrogen) atoms. The molecule has 0 unspecified atom stereocenters. The molecule has 0 bridgehead atoms. The molecule has 0 spiro atoms. The number of hydrogen-bond acceptors (Lipinski definition) is 4. The molecule has 0 aliphatic heterocycles. The van der Waals surface area contributed by atoms with Crippen molar-refractivity contribution in [2.45, 2.75) is 31.8 Å². The minimum Gasteiger partial charge on any atom is -0.370 e. The van der Waals surface area contributed by atoms with Gasteiger partial charge in [-0.15, -0.1) is 0 Å². The zero-order chi connectivity index (χ0) is 16.2. The van der Waals surface area contributed by atoms with Crippen LogP contribution in [0.4, 0.5) is 4.39 Å². The molecular formula is C15H21FN2O3S. The fourth-order valence-electron chi connectivity index (χ4n) is 2.27. The normalized spacial score (nSPS) is 15.2. The molecular weight excluding hydrogens is 307 g/mol. The van der Waals surface area contributed by atoms with Gasteiger partial charge in [0.1, 0.15) is 5.82 Å². The van der Waals surface area contributed by atoms with Gasteiger partial charge in [0.25, 0.3) is 0 Å². The van der Waals surface area contributed by atoms with Crippen LogP contribution in [0.15, 0.2) is 24.3 Å². The predicted molar refractivity (Wildman–Crippen MR) is 82.3 cm³/mol. The molecule has 0 atom stereocenters. The maximum atomic E-state index is 12.9. The molecule has 0 radical (unpaired) electrons. The Morgan fingerprint density at radius 3 is 2.41 bits per heavy atom. The van der Waals surface area contributed by atoms with E-state index in [-0.39, 0.29) is 23.7 Å². The third-order valence-corrected chi connectivity index (χ3v) is 5.34. The van der Waals surface area contributed by atoms with E-state index < -0.39 is 15.7 Å². The lowest BCUT2D eigenvalue weighted by atomic mass is 10.2. The highest BCUT2D eigenvalue weighted by molar-refractivity contribution is 7.91. The number of amides is 1. The number of rotatable bonds is 9. The van der Waals surface area contributed by atoms with Crippen LogP contribution >= 0.6 is 0 Å². The van der Waals surface area contributed by atoms with Crippen molar-refractivity contribution in [2.75, 3.05) is 18.1 Å². The molecule has 1 aliphatic rings. The van der Waals surface area contributed by atoms with Crippen molar-refractivity contribution in [3.05, 3.63) is 35.6 Å². The molecule has 1 aliphatic carbocycles. The summed E-state index contributed by atoms with van der Waals surface area (Å²) in [6, 6.07) is 6.64. The molecule has 122 valence electrons. The number of carbonyl (C=O) groups excluding carboxylic acids is 1. The van der Waals surface area contributed by atoms with Crippen LogP contribution in [0, 0.1) is 5.82 Å². The van der Waals surface area contributed by atoms with E-state index in [9.17, 15) is 17.6 Å². The SMILES string of the molecule is NC(=O)CCS(=O)(=O)CCN(Cc1ccc(F)cc1)C1CC1. The Kier molecular flexibility index (Phi) is 5.52. The second-order valence-corrected chi connectivity index (χ2v) is 8.00. The number of nitrogens with zero attached hydrogens (tertiary/aromatic N) is 1. The lowest BCUT2D eigenvalue weighted by Gasteiger charge is -2.22. The maximum Gasteiger partial charge on any atom is 0.218 e. The van der Waals surface area contributed by atoms with Crippen molar-refractivity contribution in [3.8, 4) is 0 Å². The largest absolute Gasteiger partial charge is 0.370 e. The summed E-state index contributed by atoms with van der Waals surface area (Å²) in [5.74, 6) is -1.07. The van der Waals surface area contributed by atoms with Crippen molar-refractivity contribution in [3.63, 3.8) is 0 Å². The fraction of sp³-hybridized carbons (Fsp3) is 0.533. The average molecular weight is 328 g/mol. The van der Waals surface area contributed by atoms with E-state index >= 15 is 0 Å². The van der Waals surface area contributed by atoms with Crippen LogP contribution in [0.25, 0.3) is 0 Å². The van der Waals surface area contributed by atoms with Crippen LogP contribution in [0.1, 0.15) is 24.8 Å². The summed E-state index contributed by atoms with van der Waals surface area (Å²) in [6.45, 7) is 1.03.